The van der Waals surface area contributed by atoms with Gasteiger partial charge in [-0.25, -0.2) is 4.98 Å². The van der Waals surface area contributed by atoms with Crippen LogP contribution < -0.4 is 0 Å². The molecule has 150 valence electrons. The first-order valence-electron chi connectivity index (χ1n) is 9.44. The van der Waals surface area contributed by atoms with Crippen molar-refractivity contribution in [3.63, 3.8) is 0 Å². The zero-order chi connectivity index (χ0) is 20.6. The predicted octanol–water partition coefficient (Wildman–Crippen LogP) is 1.58. The number of benzene rings is 1. The summed E-state index contributed by atoms with van der Waals surface area (Å²) in [6.45, 7) is 0.449. The molecule has 0 unspecified atom stereocenters. The first kappa shape index (κ1) is 18.2. The van der Waals surface area contributed by atoms with E-state index in [0.717, 1.165) is 16.9 Å². The maximum absolute atomic E-state index is 12.6. The predicted molar refractivity (Wildman–Crippen MR) is 105 cm³/mol. The van der Waals surface area contributed by atoms with E-state index in [0.29, 0.717) is 12.3 Å². The van der Waals surface area contributed by atoms with Crippen molar-refractivity contribution in [2.45, 2.75) is 12.0 Å². The van der Waals surface area contributed by atoms with Gasteiger partial charge in [0.2, 0.25) is 5.89 Å². The molecule has 4 heterocycles. The van der Waals surface area contributed by atoms with E-state index in [1.807, 2.05) is 42.5 Å². The molecule has 1 aromatic carbocycles. The van der Waals surface area contributed by atoms with Crippen LogP contribution in [0.4, 0.5) is 0 Å². The van der Waals surface area contributed by atoms with Crippen LogP contribution >= 0.6 is 0 Å². The summed E-state index contributed by atoms with van der Waals surface area (Å²) in [5.74, 6) is 0.133. The molecule has 1 amide bonds. The van der Waals surface area contributed by atoms with Gasteiger partial charge in [0.25, 0.3) is 5.91 Å². The molecule has 0 bridgehead atoms. The van der Waals surface area contributed by atoms with Crippen LogP contribution in [0, 0.1) is 0 Å². The van der Waals surface area contributed by atoms with E-state index in [1.54, 1.807) is 23.5 Å². The minimum atomic E-state index is -1.02. The van der Waals surface area contributed by atoms with Crippen molar-refractivity contribution in [3.05, 3.63) is 90.2 Å². The second-order valence-corrected chi connectivity index (χ2v) is 7.19. The molecule has 0 saturated carbocycles. The van der Waals surface area contributed by atoms with Crippen LogP contribution in [0.5, 0.6) is 0 Å². The molecule has 0 radical (unpaired) electrons. The van der Waals surface area contributed by atoms with Gasteiger partial charge in [0, 0.05) is 5.69 Å². The summed E-state index contributed by atoms with van der Waals surface area (Å²) in [4.78, 5) is 24.3. The molecule has 1 aliphatic heterocycles. The Morgan fingerprint density at radius 3 is 2.57 bits per heavy atom. The third-order valence-corrected chi connectivity index (χ3v) is 5.07. The van der Waals surface area contributed by atoms with Crippen molar-refractivity contribution in [1.82, 2.24) is 29.9 Å². The fraction of sp³-hybridized carbons (Fsp3) is 0.190. The Bertz CT molecular complexity index is 1150. The van der Waals surface area contributed by atoms with Crippen LogP contribution in [0.3, 0.4) is 0 Å². The zero-order valence-electron chi connectivity index (χ0n) is 15.9. The molecule has 30 heavy (non-hydrogen) atoms. The first-order chi connectivity index (χ1) is 14.6. The highest BCUT2D eigenvalue weighted by molar-refractivity contribution is 5.92. The maximum Gasteiger partial charge on any atom is 0.276 e. The Morgan fingerprint density at radius 2 is 1.87 bits per heavy atom. The Labute approximate surface area is 171 Å². The molecule has 0 aliphatic carbocycles. The molecule has 1 N–H and O–H groups in total. The average Bonchev–Trinajstić information content (AvgIpc) is 3.45. The third kappa shape index (κ3) is 3.35. The first-order valence-corrected chi connectivity index (χ1v) is 9.44. The molecule has 9 heteroatoms. The zero-order valence-corrected chi connectivity index (χ0v) is 15.9. The number of carbonyl (C=O) groups excluding carboxylic acids is 1. The Balaban J connectivity index is 1.22. The molecular formula is C21H18N6O3. The Kier molecular flexibility index (Phi) is 4.36. The Hall–Kier alpha value is -3.85. The number of aromatic nitrogens is 5. The average molecular weight is 402 g/mol. The van der Waals surface area contributed by atoms with Crippen molar-refractivity contribution in [3.8, 4) is 5.69 Å². The number of oxazole rings is 1. The van der Waals surface area contributed by atoms with Gasteiger partial charge < -0.3 is 14.4 Å². The summed E-state index contributed by atoms with van der Waals surface area (Å²) in [5.41, 5.74) is 1.50. The summed E-state index contributed by atoms with van der Waals surface area (Å²) in [6, 6.07) is 13.0. The van der Waals surface area contributed by atoms with Gasteiger partial charge in [-0.3, -0.25) is 9.78 Å². The van der Waals surface area contributed by atoms with Gasteiger partial charge >= 0.3 is 0 Å². The van der Waals surface area contributed by atoms with E-state index in [2.05, 4.69) is 20.2 Å². The van der Waals surface area contributed by atoms with Gasteiger partial charge in [-0.2, -0.15) is 15.0 Å². The van der Waals surface area contributed by atoms with E-state index in [-0.39, 0.29) is 24.7 Å². The lowest BCUT2D eigenvalue weighted by atomic mass is 9.86. The summed E-state index contributed by atoms with van der Waals surface area (Å²) in [5, 5.41) is 18.8. The monoisotopic (exact) mass is 402 g/mol. The number of hydrogen-bond donors (Lipinski definition) is 1. The van der Waals surface area contributed by atoms with Gasteiger partial charge in [-0.1, -0.05) is 30.3 Å². The molecule has 5 rings (SSSR count). The molecule has 1 saturated heterocycles. The second kappa shape index (κ2) is 7.20. The molecule has 3 aromatic heterocycles. The number of pyridine rings is 1. The van der Waals surface area contributed by atoms with Crippen LogP contribution in [0.25, 0.3) is 5.69 Å². The van der Waals surface area contributed by atoms with Crippen molar-refractivity contribution in [1.29, 1.82) is 0 Å². The topological polar surface area (TPSA) is 110 Å². The van der Waals surface area contributed by atoms with Gasteiger partial charge in [0.1, 0.15) is 17.6 Å². The SMILES string of the molecule is O=C(c1coc(Cc2ccc(-n3nccn3)cn2)n1)N1CC(O)(c2ccccc2)C1. The lowest BCUT2D eigenvalue weighted by molar-refractivity contribution is -0.0865. The van der Waals surface area contributed by atoms with Crippen molar-refractivity contribution in [2.75, 3.05) is 13.1 Å². The summed E-state index contributed by atoms with van der Waals surface area (Å²) in [6.07, 6.45) is 6.55. The van der Waals surface area contributed by atoms with Gasteiger partial charge in [0.05, 0.1) is 38.1 Å². The summed E-state index contributed by atoms with van der Waals surface area (Å²) < 4.78 is 5.46. The van der Waals surface area contributed by atoms with Crippen LogP contribution in [0.2, 0.25) is 0 Å². The van der Waals surface area contributed by atoms with E-state index >= 15 is 0 Å². The number of rotatable bonds is 5. The fourth-order valence-corrected chi connectivity index (χ4v) is 3.46. The molecule has 1 aliphatic rings. The highest BCUT2D eigenvalue weighted by Crippen LogP contribution is 2.32. The number of β-amino-alcohol motifs (C(OH)–C–C–N with tert-alkyl or cyclic N) is 1. The Morgan fingerprint density at radius 1 is 1.10 bits per heavy atom. The molecule has 0 spiro atoms. The smallest absolute Gasteiger partial charge is 0.276 e. The van der Waals surface area contributed by atoms with Crippen molar-refractivity contribution < 1.29 is 14.3 Å². The maximum atomic E-state index is 12.6. The molecule has 9 nitrogen and oxygen atoms in total. The van der Waals surface area contributed by atoms with Gasteiger partial charge in [-0.05, 0) is 17.7 Å². The largest absolute Gasteiger partial charge is 0.448 e. The minimum absolute atomic E-state index is 0.220. The lowest BCUT2D eigenvalue weighted by Gasteiger charge is -2.46. The van der Waals surface area contributed by atoms with E-state index < -0.39 is 5.60 Å². The second-order valence-electron chi connectivity index (χ2n) is 7.19. The highest BCUT2D eigenvalue weighted by atomic mass is 16.3. The molecule has 4 aromatic rings. The van der Waals surface area contributed by atoms with Crippen molar-refractivity contribution in [2.24, 2.45) is 0 Å². The van der Waals surface area contributed by atoms with Crippen molar-refractivity contribution >= 4 is 5.91 Å². The van der Waals surface area contributed by atoms with E-state index in [4.69, 9.17) is 4.42 Å². The van der Waals surface area contributed by atoms with E-state index in [9.17, 15) is 9.90 Å². The van der Waals surface area contributed by atoms with Gasteiger partial charge in [0.15, 0.2) is 5.69 Å². The standard InChI is InChI=1S/C21H18N6O3/c28-20(26-13-21(29,14-26)15-4-2-1-3-5-15)18-12-30-19(25-18)10-16-6-7-17(11-22-16)27-23-8-9-24-27/h1-9,11-12,29H,10,13-14H2. The molecule has 1 fully saturated rings. The summed E-state index contributed by atoms with van der Waals surface area (Å²) >= 11 is 0. The minimum Gasteiger partial charge on any atom is -0.448 e. The normalized spacial score (nSPS) is 15.0. The lowest BCUT2D eigenvalue weighted by Crippen LogP contribution is -2.61. The number of carbonyl (C=O) groups is 1. The number of hydrogen-bond acceptors (Lipinski definition) is 7. The van der Waals surface area contributed by atoms with Crippen LogP contribution in [-0.2, 0) is 12.0 Å². The number of amides is 1. The molecular weight excluding hydrogens is 384 g/mol. The van der Waals surface area contributed by atoms with E-state index in [1.165, 1.54) is 11.1 Å². The molecule has 0 atom stereocenters. The fourth-order valence-electron chi connectivity index (χ4n) is 3.46. The van der Waals surface area contributed by atoms with Gasteiger partial charge in [-0.15, -0.1) is 0 Å². The summed E-state index contributed by atoms with van der Waals surface area (Å²) in [7, 11) is 0. The number of aliphatic hydroxyl groups is 1. The third-order valence-electron chi connectivity index (χ3n) is 5.07. The van der Waals surface area contributed by atoms with Crippen LogP contribution in [0.1, 0.15) is 27.6 Å². The number of nitrogens with zero attached hydrogens (tertiary/aromatic N) is 6. The van der Waals surface area contributed by atoms with Crippen LogP contribution in [-0.4, -0.2) is 54.0 Å². The quantitative estimate of drug-likeness (QED) is 0.540. The highest BCUT2D eigenvalue weighted by Gasteiger charge is 2.45. The number of likely N-dealkylation sites (tertiary alicyclic amines) is 1. The van der Waals surface area contributed by atoms with Crippen LogP contribution in [0.15, 0.2) is 71.7 Å².